The number of anilines is 2. The predicted molar refractivity (Wildman–Crippen MR) is 135 cm³/mol. The van der Waals surface area contributed by atoms with E-state index in [9.17, 15) is 14.4 Å². The normalized spacial score (nSPS) is 11.8. The Morgan fingerprint density at radius 3 is 2.24 bits per heavy atom. The molecule has 0 fully saturated rings. The fourth-order valence-corrected chi connectivity index (χ4v) is 4.33. The Bertz CT molecular complexity index is 1160. The molecule has 0 radical (unpaired) electrons. The summed E-state index contributed by atoms with van der Waals surface area (Å²) in [7, 11) is 0. The molecule has 9 heteroatoms. The predicted octanol–water partition coefficient (Wildman–Crippen LogP) is 3.69. The second kappa shape index (κ2) is 10.9. The fraction of sp³-hybridized carbons (Fsp3) is 0.280. The van der Waals surface area contributed by atoms with Gasteiger partial charge in [-0.1, -0.05) is 63.2 Å². The van der Waals surface area contributed by atoms with Gasteiger partial charge in [-0.15, -0.1) is 0 Å². The average molecular weight is 480 g/mol. The summed E-state index contributed by atoms with van der Waals surface area (Å²) in [6.07, 6.45) is 0.361. The summed E-state index contributed by atoms with van der Waals surface area (Å²) in [5, 5.41) is 2.92. The molecule has 0 saturated carbocycles. The van der Waals surface area contributed by atoms with E-state index in [1.807, 2.05) is 61.5 Å². The first kappa shape index (κ1) is 24.9. The first-order chi connectivity index (χ1) is 16.2. The van der Waals surface area contributed by atoms with Crippen LogP contribution in [0.1, 0.15) is 64.4 Å². The molecule has 0 spiro atoms. The maximum Gasteiger partial charge on any atom is 0.272 e. The minimum absolute atomic E-state index is 0.0658. The average Bonchev–Trinajstić information content (AvgIpc) is 3.22. The van der Waals surface area contributed by atoms with E-state index in [0.717, 1.165) is 22.7 Å². The molecule has 3 aromatic rings. The summed E-state index contributed by atoms with van der Waals surface area (Å²) in [6, 6.07) is 16.2. The fourth-order valence-electron chi connectivity index (χ4n) is 3.59. The van der Waals surface area contributed by atoms with E-state index >= 15 is 0 Å². The van der Waals surface area contributed by atoms with Crippen molar-refractivity contribution in [3.63, 3.8) is 0 Å². The summed E-state index contributed by atoms with van der Waals surface area (Å²) in [6.45, 7) is 6.32. The van der Waals surface area contributed by atoms with Crippen LogP contribution in [-0.4, -0.2) is 28.1 Å². The number of nitrogens with two attached hydrogens (primary N) is 2. The van der Waals surface area contributed by atoms with Crippen molar-refractivity contribution < 1.29 is 14.4 Å². The van der Waals surface area contributed by atoms with Crippen molar-refractivity contribution in [1.29, 1.82) is 0 Å². The van der Waals surface area contributed by atoms with Gasteiger partial charge in [-0.25, -0.2) is 0 Å². The number of rotatable bonds is 9. The van der Waals surface area contributed by atoms with Gasteiger partial charge in [0.25, 0.3) is 11.8 Å². The van der Waals surface area contributed by atoms with Gasteiger partial charge in [-0.3, -0.25) is 19.3 Å². The molecule has 8 nitrogen and oxygen atoms in total. The minimum Gasteiger partial charge on any atom is -0.395 e. The number of hydrogen-bond donors (Lipinski definition) is 3. The lowest BCUT2D eigenvalue weighted by atomic mass is 10.0. The highest BCUT2D eigenvalue weighted by Crippen LogP contribution is 2.29. The zero-order valence-corrected chi connectivity index (χ0v) is 20.3. The lowest BCUT2D eigenvalue weighted by Crippen LogP contribution is -2.49. The molecule has 0 aliphatic carbocycles. The molecular formula is C25H29N5O3S. The molecule has 5 N–H and O–H groups in total. The number of nitrogen functional groups attached to an aromatic ring is 1. The van der Waals surface area contributed by atoms with Gasteiger partial charge in [0.1, 0.15) is 10.9 Å². The van der Waals surface area contributed by atoms with E-state index < -0.39 is 17.9 Å². The number of nitrogens with zero attached hydrogens (tertiary/aromatic N) is 2. The molecule has 34 heavy (non-hydrogen) atoms. The van der Waals surface area contributed by atoms with Crippen molar-refractivity contribution in [3.8, 4) is 0 Å². The third-order valence-corrected chi connectivity index (χ3v) is 6.37. The number of aromatic nitrogens is 1. The number of hydrogen-bond acceptors (Lipinski definition) is 6. The molecule has 1 atom stereocenters. The van der Waals surface area contributed by atoms with Crippen LogP contribution in [0.2, 0.25) is 0 Å². The molecule has 0 aliphatic rings. The molecule has 3 amide bonds. The Morgan fingerprint density at radius 2 is 1.71 bits per heavy atom. The van der Waals surface area contributed by atoms with Crippen molar-refractivity contribution in [2.75, 3.05) is 10.6 Å². The van der Waals surface area contributed by atoms with Gasteiger partial charge in [0.05, 0.1) is 5.69 Å². The van der Waals surface area contributed by atoms with E-state index in [2.05, 4.69) is 23.5 Å². The van der Waals surface area contributed by atoms with Gasteiger partial charge < -0.3 is 16.8 Å². The number of benzene rings is 2. The van der Waals surface area contributed by atoms with Gasteiger partial charge in [0.15, 0.2) is 5.69 Å². The molecule has 1 heterocycles. The number of carbonyl (C=O) groups is 3. The molecule has 0 bridgehead atoms. The van der Waals surface area contributed by atoms with Crippen LogP contribution in [0.25, 0.3) is 0 Å². The third kappa shape index (κ3) is 5.43. The minimum atomic E-state index is -0.812. The van der Waals surface area contributed by atoms with Crippen LogP contribution in [-0.2, 0) is 11.3 Å². The van der Waals surface area contributed by atoms with E-state index in [1.54, 1.807) is 0 Å². The summed E-state index contributed by atoms with van der Waals surface area (Å²) in [5.74, 6) is -1.31. The van der Waals surface area contributed by atoms with Gasteiger partial charge in [0.2, 0.25) is 5.91 Å². The van der Waals surface area contributed by atoms with Crippen LogP contribution in [0, 0.1) is 0 Å². The lowest BCUT2D eigenvalue weighted by Gasteiger charge is -2.30. The summed E-state index contributed by atoms with van der Waals surface area (Å²) in [4.78, 5) is 40.0. The second-order valence-electron chi connectivity index (χ2n) is 8.19. The van der Waals surface area contributed by atoms with Crippen LogP contribution < -0.4 is 21.7 Å². The van der Waals surface area contributed by atoms with Gasteiger partial charge in [0, 0.05) is 12.2 Å². The van der Waals surface area contributed by atoms with Crippen LogP contribution >= 0.6 is 11.5 Å². The molecule has 0 aliphatic heterocycles. The largest absolute Gasteiger partial charge is 0.395 e. The van der Waals surface area contributed by atoms with Gasteiger partial charge >= 0.3 is 0 Å². The number of primary amides is 1. The molecule has 0 saturated heterocycles. The van der Waals surface area contributed by atoms with Crippen molar-refractivity contribution in [1.82, 2.24) is 9.69 Å². The maximum atomic E-state index is 13.7. The Labute approximate surface area is 203 Å². The zero-order valence-electron chi connectivity index (χ0n) is 19.4. The topological polar surface area (TPSA) is 131 Å². The van der Waals surface area contributed by atoms with Gasteiger partial charge in [-0.05, 0) is 47.1 Å². The number of carbonyl (C=O) groups excluding carboxylic acids is 3. The Hall–Kier alpha value is -3.72. The van der Waals surface area contributed by atoms with E-state index in [4.69, 9.17) is 11.5 Å². The molecule has 178 valence electrons. The van der Waals surface area contributed by atoms with Crippen molar-refractivity contribution >= 4 is 40.6 Å². The Kier molecular flexibility index (Phi) is 8.01. The first-order valence-corrected chi connectivity index (χ1v) is 11.8. The highest BCUT2D eigenvalue weighted by atomic mass is 32.1. The molecule has 1 aromatic heterocycles. The second-order valence-corrected chi connectivity index (χ2v) is 8.96. The quantitative estimate of drug-likeness (QED) is 0.431. The smallest absolute Gasteiger partial charge is 0.272 e. The maximum absolute atomic E-state index is 13.7. The molecule has 3 rings (SSSR count). The SMILES string of the molecule is CCC(C(=O)NCc1ccccc1)N(C(=O)c1snc(C(N)=O)c1N)c1ccc(C(C)C)cc1. The zero-order chi connectivity index (χ0) is 24.8. The Morgan fingerprint density at radius 1 is 1.06 bits per heavy atom. The summed E-state index contributed by atoms with van der Waals surface area (Å²) < 4.78 is 3.95. The Balaban J connectivity index is 1.98. The van der Waals surface area contributed by atoms with E-state index in [-0.39, 0.29) is 22.2 Å². The summed E-state index contributed by atoms with van der Waals surface area (Å²) >= 11 is 0.795. The van der Waals surface area contributed by atoms with Crippen LogP contribution in [0.3, 0.4) is 0 Å². The lowest BCUT2D eigenvalue weighted by molar-refractivity contribution is -0.122. The van der Waals surface area contributed by atoms with Gasteiger partial charge in [-0.2, -0.15) is 4.37 Å². The number of amides is 3. The first-order valence-electron chi connectivity index (χ1n) is 11.0. The monoisotopic (exact) mass is 479 g/mol. The summed E-state index contributed by atoms with van der Waals surface area (Å²) in [5.41, 5.74) is 13.7. The van der Waals surface area contributed by atoms with E-state index in [1.165, 1.54) is 4.90 Å². The number of nitrogens with one attached hydrogen (secondary N) is 1. The van der Waals surface area contributed by atoms with E-state index in [0.29, 0.717) is 24.6 Å². The van der Waals surface area contributed by atoms with Crippen molar-refractivity contribution in [3.05, 3.63) is 76.3 Å². The van der Waals surface area contributed by atoms with Crippen LogP contribution in [0.15, 0.2) is 54.6 Å². The molecule has 1 unspecified atom stereocenters. The third-order valence-electron chi connectivity index (χ3n) is 5.52. The highest BCUT2D eigenvalue weighted by Gasteiger charge is 2.33. The standard InChI is InChI=1S/C25H29N5O3S/c1-4-19(24(32)28-14-16-8-6-5-7-9-16)30(18-12-10-17(11-13-18)15(2)3)25(33)22-20(26)21(23(27)31)29-34-22/h5-13,15,19H,4,14,26H2,1-3H3,(H2,27,31)(H,28,32). The van der Waals surface area contributed by atoms with Crippen LogP contribution in [0.4, 0.5) is 11.4 Å². The van der Waals surface area contributed by atoms with Crippen molar-refractivity contribution in [2.45, 2.75) is 45.7 Å². The molecule has 2 aromatic carbocycles. The highest BCUT2D eigenvalue weighted by molar-refractivity contribution is 7.09. The molecular weight excluding hydrogens is 450 g/mol. The van der Waals surface area contributed by atoms with Crippen LogP contribution in [0.5, 0.6) is 0 Å². The van der Waals surface area contributed by atoms with Crippen molar-refractivity contribution in [2.24, 2.45) is 5.73 Å².